The van der Waals surface area contributed by atoms with Gasteiger partial charge >= 0.3 is 0 Å². The van der Waals surface area contributed by atoms with Crippen molar-refractivity contribution in [3.63, 3.8) is 0 Å². The Morgan fingerprint density at radius 1 is 1.21 bits per heavy atom. The molecule has 2 unspecified atom stereocenters. The van der Waals surface area contributed by atoms with Gasteiger partial charge in [-0.15, -0.1) is 0 Å². The van der Waals surface area contributed by atoms with Gasteiger partial charge in [-0.25, -0.2) is 0 Å². The van der Waals surface area contributed by atoms with E-state index in [0.717, 1.165) is 30.9 Å². The number of para-hydroxylation sites is 1. The van der Waals surface area contributed by atoms with E-state index in [1.54, 1.807) is 0 Å². The fourth-order valence-corrected chi connectivity index (χ4v) is 2.95. The maximum atomic E-state index is 6.52. The molecule has 106 valence electrons. The molecule has 0 saturated carbocycles. The highest BCUT2D eigenvalue weighted by atomic mass is 16.5. The van der Waals surface area contributed by atoms with E-state index in [1.807, 2.05) is 18.2 Å². The molecule has 0 fully saturated rings. The number of nitrogens with zero attached hydrogens (tertiary/aromatic N) is 1. The Kier molecular flexibility index (Phi) is 4.16. The quantitative estimate of drug-likeness (QED) is 0.907. The van der Waals surface area contributed by atoms with E-state index in [4.69, 9.17) is 10.5 Å². The summed E-state index contributed by atoms with van der Waals surface area (Å²) in [5.74, 6) is 1.25. The second-order valence-corrected chi connectivity index (χ2v) is 5.86. The fraction of sp³-hybridized carbons (Fsp3) is 0.625. The molecule has 1 aliphatic rings. The van der Waals surface area contributed by atoms with Crippen LogP contribution in [0.3, 0.4) is 0 Å². The Bertz CT molecular complexity index is 427. The number of benzene rings is 1. The summed E-state index contributed by atoms with van der Waals surface area (Å²) in [6.45, 7) is 11.8. The van der Waals surface area contributed by atoms with Crippen molar-refractivity contribution in [2.24, 2.45) is 11.7 Å². The van der Waals surface area contributed by atoms with Crippen LogP contribution in [0.25, 0.3) is 0 Å². The van der Waals surface area contributed by atoms with Gasteiger partial charge in [0.15, 0.2) is 0 Å². The molecule has 1 aromatic carbocycles. The highest BCUT2D eigenvalue weighted by Gasteiger charge is 2.42. The lowest BCUT2D eigenvalue weighted by Crippen LogP contribution is -2.51. The number of nitrogens with two attached hydrogens (primary N) is 1. The first-order valence-corrected chi connectivity index (χ1v) is 7.25. The lowest BCUT2D eigenvalue weighted by Gasteiger charge is -2.45. The number of fused-ring (bicyclic) bond motifs is 1. The van der Waals surface area contributed by atoms with Crippen molar-refractivity contribution in [2.45, 2.75) is 39.3 Å². The molecule has 0 aliphatic carbocycles. The maximum Gasteiger partial charge on any atom is 0.124 e. The normalized spacial score (nSPS) is 24.9. The number of ether oxygens (including phenoxy) is 1. The summed E-state index contributed by atoms with van der Waals surface area (Å²) < 4.78 is 6.19. The SMILES string of the molecule is CCN(CC)CC1C(N)c2ccccc2OC1(C)C. The zero-order valence-electron chi connectivity index (χ0n) is 12.5. The summed E-state index contributed by atoms with van der Waals surface area (Å²) in [4.78, 5) is 2.42. The van der Waals surface area contributed by atoms with Gasteiger partial charge in [0, 0.05) is 24.1 Å². The first-order chi connectivity index (χ1) is 8.99. The molecule has 0 spiro atoms. The van der Waals surface area contributed by atoms with E-state index in [9.17, 15) is 0 Å². The molecule has 1 heterocycles. The van der Waals surface area contributed by atoms with E-state index in [2.05, 4.69) is 38.7 Å². The standard InChI is InChI=1S/C16H26N2O/c1-5-18(6-2)11-13-15(17)12-9-7-8-10-14(12)19-16(13,3)4/h7-10,13,15H,5-6,11,17H2,1-4H3. The first kappa shape index (κ1) is 14.4. The van der Waals surface area contributed by atoms with Crippen LogP contribution in [0.4, 0.5) is 0 Å². The van der Waals surface area contributed by atoms with Crippen LogP contribution in [0.2, 0.25) is 0 Å². The van der Waals surface area contributed by atoms with Crippen molar-refractivity contribution in [3.8, 4) is 5.75 Å². The molecule has 2 rings (SSSR count). The minimum Gasteiger partial charge on any atom is -0.487 e. The molecule has 19 heavy (non-hydrogen) atoms. The predicted octanol–water partition coefficient (Wildman–Crippen LogP) is 2.82. The van der Waals surface area contributed by atoms with Gasteiger partial charge in [-0.1, -0.05) is 32.0 Å². The van der Waals surface area contributed by atoms with E-state index in [0.29, 0.717) is 5.92 Å². The third kappa shape index (κ3) is 2.77. The van der Waals surface area contributed by atoms with Crippen molar-refractivity contribution in [1.29, 1.82) is 0 Å². The van der Waals surface area contributed by atoms with Crippen LogP contribution in [0.15, 0.2) is 24.3 Å². The van der Waals surface area contributed by atoms with Crippen LogP contribution in [0.1, 0.15) is 39.3 Å². The minimum atomic E-state index is -0.226. The van der Waals surface area contributed by atoms with Gasteiger partial charge in [0.2, 0.25) is 0 Å². The molecule has 3 nitrogen and oxygen atoms in total. The van der Waals surface area contributed by atoms with Gasteiger partial charge in [-0.2, -0.15) is 0 Å². The summed E-state index contributed by atoms with van der Waals surface area (Å²) in [6.07, 6.45) is 0. The monoisotopic (exact) mass is 262 g/mol. The van der Waals surface area contributed by atoms with Crippen molar-refractivity contribution in [3.05, 3.63) is 29.8 Å². The molecule has 0 amide bonds. The van der Waals surface area contributed by atoms with E-state index in [1.165, 1.54) is 0 Å². The Balaban J connectivity index is 2.28. The Labute approximate surface area is 116 Å². The molecule has 1 aliphatic heterocycles. The zero-order chi connectivity index (χ0) is 14.0. The highest BCUT2D eigenvalue weighted by molar-refractivity contribution is 5.39. The van der Waals surface area contributed by atoms with Gasteiger partial charge < -0.3 is 15.4 Å². The summed E-state index contributed by atoms with van der Waals surface area (Å²) >= 11 is 0. The van der Waals surface area contributed by atoms with Crippen molar-refractivity contribution >= 4 is 0 Å². The lowest BCUT2D eigenvalue weighted by atomic mass is 9.78. The van der Waals surface area contributed by atoms with Crippen LogP contribution in [0, 0.1) is 5.92 Å². The van der Waals surface area contributed by atoms with E-state index < -0.39 is 0 Å². The van der Waals surface area contributed by atoms with Crippen molar-refractivity contribution in [2.75, 3.05) is 19.6 Å². The topological polar surface area (TPSA) is 38.5 Å². The largest absolute Gasteiger partial charge is 0.487 e. The Morgan fingerprint density at radius 3 is 2.47 bits per heavy atom. The van der Waals surface area contributed by atoms with Gasteiger partial charge in [0.1, 0.15) is 11.4 Å². The van der Waals surface area contributed by atoms with Crippen LogP contribution in [-0.4, -0.2) is 30.1 Å². The Hall–Kier alpha value is -1.06. The third-order valence-corrected chi connectivity index (χ3v) is 4.33. The first-order valence-electron chi connectivity index (χ1n) is 7.25. The third-order valence-electron chi connectivity index (χ3n) is 4.33. The fourth-order valence-electron chi connectivity index (χ4n) is 2.95. The van der Waals surface area contributed by atoms with Crippen LogP contribution < -0.4 is 10.5 Å². The minimum absolute atomic E-state index is 0.0422. The average Bonchev–Trinajstić information content (AvgIpc) is 2.38. The molecule has 0 bridgehead atoms. The van der Waals surface area contributed by atoms with E-state index in [-0.39, 0.29) is 11.6 Å². The smallest absolute Gasteiger partial charge is 0.124 e. The summed E-state index contributed by atoms with van der Waals surface area (Å²) in [5, 5.41) is 0. The van der Waals surface area contributed by atoms with Gasteiger partial charge in [-0.3, -0.25) is 0 Å². The summed E-state index contributed by atoms with van der Waals surface area (Å²) in [5.41, 5.74) is 7.43. The molecular weight excluding hydrogens is 236 g/mol. The van der Waals surface area contributed by atoms with Crippen molar-refractivity contribution < 1.29 is 4.74 Å². The molecule has 2 N–H and O–H groups in total. The molecule has 3 heteroatoms. The molecule has 0 saturated heterocycles. The number of hydrogen-bond donors (Lipinski definition) is 1. The van der Waals surface area contributed by atoms with Gasteiger partial charge in [-0.05, 0) is 33.0 Å². The van der Waals surface area contributed by atoms with Gasteiger partial charge in [0.25, 0.3) is 0 Å². The maximum absolute atomic E-state index is 6.52. The lowest BCUT2D eigenvalue weighted by molar-refractivity contribution is -0.00529. The second-order valence-electron chi connectivity index (χ2n) is 5.86. The summed E-state index contributed by atoms with van der Waals surface area (Å²) in [7, 11) is 0. The van der Waals surface area contributed by atoms with E-state index >= 15 is 0 Å². The number of hydrogen-bond acceptors (Lipinski definition) is 3. The molecular formula is C16H26N2O. The molecule has 0 aromatic heterocycles. The summed E-state index contributed by atoms with van der Waals surface area (Å²) in [6, 6.07) is 8.19. The van der Waals surface area contributed by atoms with Crippen LogP contribution in [-0.2, 0) is 0 Å². The van der Waals surface area contributed by atoms with Gasteiger partial charge in [0.05, 0.1) is 0 Å². The number of rotatable bonds is 4. The highest BCUT2D eigenvalue weighted by Crippen LogP contribution is 2.42. The second kappa shape index (κ2) is 5.51. The predicted molar refractivity (Wildman–Crippen MR) is 79.4 cm³/mol. The van der Waals surface area contributed by atoms with Crippen LogP contribution in [0.5, 0.6) is 5.75 Å². The molecule has 1 aromatic rings. The van der Waals surface area contributed by atoms with Crippen molar-refractivity contribution in [1.82, 2.24) is 4.90 Å². The average molecular weight is 262 g/mol. The Morgan fingerprint density at radius 2 is 1.84 bits per heavy atom. The molecule has 0 radical (unpaired) electrons. The zero-order valence-corrected chi connectivity index (χ0v) is 12.5. The van der Waals surface area contributed by atoms with Crippen LogP contribution >= 0.6 is 0 Å². The molecule has 2 atom stereocenters.